The predicted octanol–water partition coefficient (Wildman–Crippen LogP) is 2.56. The molecule has 0 spiro atoms. The van der Waals surface area contributed by atoms with Crippen LogP contribution in [0.5, 0.6) is 0 Å². The van der Waals surface area contributed by atoms with E-state index in [-0.39, 0.29) is 5.41 Å². The zero-order chi connectivity index (χ0) is 10.3. The maximum absolute atomic E-state index is 8.78. The van der Waals surface area contributed by atoms with Gasteiger partial charge in [-0.2, -0.15) is 5.26 Å². The fourth-order valence-electron chi connectivity index (χ4n) is 1.21. The first-order valence-corrected chi connectivity index (χ1v) is 5.17. The molecule has 0 heterocycles. The molecule has 2 nitrogen and oxygen atoms in total. The summed E-state index contributed by atoms with van der Waals surface area (Å²) in [6.45, 7) is 10.2. The third kappa shape index (κ3) is 5.65. The van der Waals surface area contributed by atoms with Crippen LogP contribution < -0.4 is 5.32 Å². The van der Waals surface area contributed by atoms with Gasteiger partial charge in [0.25, 0.3) is 0 Å². The zero-order valence-corrected chi connectivity index (χ0v) is 9.35. The van der Waals surface area contributed by atoms with E-state index in [4.69, 9.17) is 5.26 Å². The van der Waals surface area contributed by atoms with E-state index in [1.165, 1.54) is 12.8 Å². The average molecular weight is 182 g/mol. The Bertz CT molecular complexity index is 163. The first kappa shape index (κ1) is 12.4. The van der Waals surface area contributed by atoms with Gasteiger partial charge in [0.1, 0.15) is 0 Å². The van der Waals surface area contributed by atoms with Crippen molar-refractivity contribution in [1.82, 2.24) is 5.32 Å². The quantitative estimate of drug-likeness (QED) is 0.685. The van der Waals surface area contributed by atoms with E-state index in [1.54, 1.807) is 0 Å². The van der Waals surface area contributed by atoms with Gasteiger partial charge >= 0.3 is 0 Å². The van der Waals surface area contributed by atoms with Crippen molar-refractivity contribution in [3.05, 3.63) is 0 Å². The molecule has 1 N–H and O–H groups in total. The first-order chi connectivity index (χ1) is 6.05. The molecule has 0 saturated heterocycles. The standard InChI is InChI=1S/C11H22N2/c1-5-10(6-2)7-13-9-11(3,4)8-12/h10,13H,5-7,9H2,1-4H3. The van der Waals surface area contributed by atoms with E-state index >= 15 is 0 Å². The van der Waals surface area contributed by atoms with Crippen LogP contribution in [-0.4, -0.2) is 13.1 Å². The highest BCUT2D eigenvalue weighted by Gasteiger charge is 2.16. The number of nitriles is 1. The Morgan fingerprint density at radius 2 is 1.85 bits per heavy atom. The van der Waals surface area contributed by atoms with Crippen LogP contribution in [0.2, 0.25) is 0 Å². The second-order valence-electron chi connectivity index (χ2n) is 4.31. The molecule has 0 saturated carbocycles. The minimum absolute atomic E-state index is 0.230. The normalized spacial score (nSPS) is 11.7. The molecular weight excluding hydrogens is 160 g/mol. The Balaban J connectivity index is 3.62. The molecule has 2 heteroatoms. The summed E-state index contributed by atoms with van der Waals surface area (Å²) in [6, 6.07) is 2.29. The molecule has 0 aliphatic carbocycles. The number of nitrogens with one attached hydrogen (secondary N) is 1. The molecule has 0 atom stereocenters. The summed E-state index contributed by atoms with van der Waals surface area (Å²) in [5.41, 5.74) is -0.230. The lowest BCUT2D eigenvalue weighted by Crippen LogP contribution is -2.31. The molecule has 0 unspecified atom stereocenters. The zero-order valence-electron chi connectivity index (χ0n) is 9.35. The molecule has 76 valence electrons. The number of hydrogen-bond donors (Lipinski definition) is 1. The number of nitrogens with zero attached hydrogens (tertiary/aromatic N) is 1. The van der Waals surface area contributed by atoms with Gasteiger partial charge in [0.2, 0.25) is 0 Å². The van der Waals surface area contributed by atoms with Gasteiger partial charge in [-0.25, -0.2) is 0 Å². The van der Waals surface area contributed by atoms with E-state index in [0.29, 0.717) is 0 Å². The van der Waals surface area contributed by atoms with Gasteiger partial charge in [-0.15, -0.1) is 0 Å². The lowest BCUT2D eigenvalue weighted by molar-refractivity contribution is 0.391. The van der Waals surface area contributed by atoms with Crippen molar-refractivity contribution < 1.29 is 0 Å². The van der Waals surface area contributed by atoms with Crippen molar-refractivity contribution in [1.29, 1.82) is 5.26 Å². The number of rotatable bonds is 6. The minimum Gasteiger partial charge on any atom is -0.315 e. The number of hydrogen-bond acceptors (Lipinski definition) is 2. The van der Waals surface area contributed by atoms with Gasteiger partial charge in [0, 0.05) is 6.54 Å². The second kappa shape index (κ2) is 5.99. The van der Waals surface area contributed by atoms with Gasteiger partial charge in [-0.3, -0.25) is 0 Å². The van der Waals surface area contributed by atoms with Crippen molar-refractivity contribution in [2.45, 2.75) is 40.5 Å². The Morgan fingerprint density at radius 3 is 2.23 bits per heavy atom. The van der Waals surface area contributed by atoms with E-state index in [1.807, 2.05) is 13.8 Å². The Kier molecular flexibility index (Phi) is 5.73. The van der Waals surface area contributed by atoms with Gasteiger partial charge < -0.3 is 5.32 Å². The Hall–Kier alpha value is -0.550. The van der Waals surface area contributed by atoms with Crippen molar-refractivity contribution in [3.8, 4) is 6.07 Å². The first-order valence-electron chi connectivity index (χ1n) is 5.17. The third-order valence-corrected chi connectivity index (χ3v) is 2.46. The summed E-state index contributed by atoms with van der Waals surface area (Å²) < 4.78 is 0. The SMILES string of the molecule is CCC(CC)CNCC(C)(C)C#N. The van der Waals surface area contributed by atoms with Crippen LogP contribution in [0.4, 0.5) is 0 Å². The summed E-state index contributed by atoms with van der Waals surface area (Å²) in [7, 11) is 0. The highest BCUT2D eigenvalue weighted by Crippen LogP contribution is 2.11. The summed E-state index contributed by atoms with van der Waals surface area (Å²) in [5, 5.41) is 12.1. The van der Waals surface area contributed by atoms with Crippen LogP contribution in [0.3, 0.4) is 0 Å². The predicted molar refractivity (Wildman–Crippen MR) is 56.3 cm³/mol. The highest BCUT2D eigenvalue weighted by atomic mass is 14.9. The van der Waals surface area contributed by atoms with Crippen molar-refractivity contribution in [3.63, 3.8) is 0 Å². The molecule has 0 aromatic carbocycles. The molecule has 0 amide bonds. The average Bonchev–Trinajstić information content (AvgIpc) is 2.12. The molecule has 0 aromatic heterocycles. The minimum atomic E-state index is -0.230. The summed E-state index contributed by atoms with van der Waals surface area (Å²) in [6.07, 6.45) is 2.44. The van der Waals surface area contributed by atoms with Crippen LogP contribution in [0.15, 0.2) is 0 Å². The fourth-order valence-corrected chi connectivity index (χ4v) is 1.21. The summed E-state index contributed by atoms with van der Waals surface area (Å²) in [4.78, 5) is 0. The fraction of sp³-hybridized carbons (Fsp3) is 0.909. The summed E-state index contributed by atoms with van der Waals surface area (Å²) in [5.74, 6) is 0.759. The lowest BCUT2D eigenvalue weighted by Gasteiger charge is -2.19. The van der Waals surface area contributed by atoms with Crippen LogP contribution in [0, 0.1) is 22.7 Å². The second-order valence-corrected chi connectivity index (χ2v) is 4.31. The van der Waals surface area contributed by atoms with E-state index in [2.05, 4.69) is 25.2 Å². The highest BCUT2D eigenvalue weighted by molar-refractivity contribution is 4.93. The van der Waals surface area contributed by atoms with Gasteiger partial charge in [-0.05, 0) is 26.3 Å². The maximum Gasteiger partial charge on any atom is 0.0697 e. The molecule has 0 fully saturated rings. The molecule has 0 radical (unpaired) electrons. The van der Waals surface area contributed by atoms with Crippen LogP contribution in [0.25, 0.3) is 0 Å². The van der Waals surface area contributed by atoms with Crippen LogP contribution in [0.1, 0.15) is 40.5 Å². The van der Waals surface area contributed by atoms with Crippen LogP contribution >= 0.6 is 0 Å². The molecule has 0 rings (SSSR count). The van der Waals surface area contributed by atoms with E-state index < -0.39 is 0 Å². The topological polar surface area (TPSA) is 35.8 Å². The molecular formula is C11H22N2. The molecule has 0 aromatic rings. The molecule has 0 aliphatic heterocycles. The van der Waals surface area contributed by atoms with Crippen molar-refractivity contribution in [2.24, 2.45) is 11.3 Å². The van der Waals surface area contributed by atoms with Gasteiger partial charge in [0.05, 0.1) is 11.5 Å². The lowest BCUT2D eigenvalue weighted by atomic mass is 9.95. The van der Waals surface area contributed by atoms with Gasteiger partial charge in [-0.1, -0.05) is 26.7 Å². The monoisotopic (exact) mass is 182 g/mol. The molecule has 13 heavy (non-hydrogen) atoms. The Labute approximate surface area is 82.3 Å². The largest absolute Gasteiger partial charge is 0.315 e. The third-order valence-electron chi connectivity index (χ3n) is 2.46. The van der Waals surface area contributed by atoms with Crippen molar-refractivity contribution >= 4 is 0 Å². The Morgan fingerprint density at radius 1 is 1.31 bits per heavy atom. The molecule has 0 aliphatic rings. The van der Waals surface area contributed by atoms with E-state index in [0.717, 1.165) is 19.0 Å². The van der Waals surface area contributed by atoms with E-state index in [9.17, 15) is 0 Å². The smallest absolute Gasteiger partial charge is 0.0697 e. The maximum atomic E-state index is 8.78. The van der Waals surface area contributed by atoms with Gasteiger partial charge in [0.15, 0.2) is 0 Å². The van der Waals surface area contributed by atoms with Crippen LogP contribution in [-0.2, 0) is 0 Å². The van der Waals surface area contributed by atoms with Crippen molar-refractivity contribution in [2.75, 3.05) is 13.1 Å². The molecule has 0 bridgehead atoms. The summed E-state index contributed by atoms with van der Waals surface area (Å²) >= 11 is 0.